The van der Waals surface area contributed by atoms with E-state index in [1.165, 1.54) is 19.3 Å². The second-order valence-electron chi connectivity index (χ2n) is 7.49. The van der Waals surface area contributed by atoms with Crippen molar-refractivity contribution >= 4 is 12.0 Å². The van der Waals surface area contributed by atoms with E-state index in [4.69, 9.17) is 9.84 Å². The average Bonchev–Trinajstić information content (AvgIpc) is 2.52. The summed E-state index contributed by atoms with van der Waals surface area (Å²) < 4.78 is 5.91. The van der Waals surface area contributed by atoms with Crippen molar-refractivity contribution in [3.63, 3.8) is 0 Å². The van der Waals surface area contributed by atoms with E-state index < -0.39 is 5.97 Å². The van der Waals surface area contributed by atoms with Crippen molar-refractivity contribution in [2.45, 2.75) is 69.4 Å². The highest BCUT2D eigenvalue weighted by Gasteiger charge is 2.42. The number of amides is 2. The van der Waals surface area contributed by atoms with Crippen LogP contribution in [0.15, 0.2) is 0 Å². The Morgan fingerprint density at radius 2 is 1.87 bits per heavy atom. The van der Waals surface area contributed by atoms with Crippen LogP contribution in [0.25, 0.3) is 0 Å². The van der Waals surface area contributed by atoms with Crippen molar-refractivity contribution in [2.75, 3.05) is 13.2 Å². The first-order valence-electron chi connectivity index (χ1n) is 8.97. The number of hydrogen-bond acceptors (Lipinski definition) is 3. The maximum absolute atomic E-state index is 12.0. The molecule has 1 heterocycles. The van der Waals surface area contributed by atoms with Gasteiger partial charge in [0.25, 0.3) is 0 Å². The Balaban J connectivity index is 1.34. The van der Waals surface area contributed by atoms with Crippen LogP contribution in [0.5, 0.6) is 0 Å². The minimum absolute atomic E-state index is 0.110. The summed E-state index contributed by atoms with van der Waals surface area (Å²) >= 11 is 0. The molecule has 1 unspecified atom stereocenters. The van der Waals surface area contributed by atoms with E-state index in [9.17, 15) is 9.59 Å². The molecule has 0 aromatic rings. The molecule has 1 aliphatic heterocycles. The minimum Gasteiger partial charge on any atom is -0.481 e. The zero-order chi connectivity index (χ0) is 16.3. The molecule has 1 spiro atoms. The summed E-state index contributed by atoms with van der Waals surface area (Å²) in [7, 11) is 0. The first-order valence-corrected chi connectivity index (χ1v) is 8.97. The number of carbonyl (C=O) groups excluding carboxylic acids is 1. The lowest BCUT2D eigenvalue weighted by Gasteiger charge is -2.47. The molecule has 3 rings (SSSR count). The van der Waals surface area contributed by atoms with Gasteiger partial charge >= 0.3 is 12.0 Å². The monoisotopic (exact) mass is 324 g/mol. The third-order valence-electron chi connectivity index (χ3n) is 5.82. The molecule has 6 heteroatoms. The van der Waals surface area contributed by atoms with Gasteiger partial charge in [-0.25, -0.2) is 4.79 Å². The van der Waals surface area contributed by atoms with E-state index in [1.54, 1.807) is 0 Å². The summed E-state index contributed by atoms with van der Waals surface area (Å²) in [5.41, 5.74) is 0.121. The maximum Gasteiger partial charge on any atom is 0.315 e. The Morgan fingerprint density at radius 3 is 2.48 bits per heavy atom. The van der Waals surface area contributed by atoms with Gasteiger partial charge in [-0.3, -0.25) is 4.79 Å². The van der Waals surface area contributed by atoms with Gasteiger partial charge in [-0.1, -0.05) is 0 Å². The number of carboxylic acid groups (broad SMARTS) is 1. The van der Waals surface area contributed by atoms with Crippen LogP contribution in [0, 0.1) is 11.8 Å². The van der Waals surface area contributed by atoms with E-state index in [2.05, 4.69) is 10.6 Å². The second-order valence-corrected chi connectivity index (χ2v) is 7.49. The van der Waals surface area contributed by atoms with Gasteiger partial charge in [0, 0.05) is 19.2 Å². The van der Waals surface area contributed by atoms with Crippen molar-refractivity contribution in [1.82, 2.24) is 10.6 Å². The first kappa shape index (κ1) is 16.6. The quantitative estimate of drug-likeness (QED) is 0.740. The standard InChI is InChI=1S/C17H28N2O4/c20-15(21)13-2-4-14(5-3-13)19-16(22)18-11-12-6-9-23-17(10-12)7-1-8-17/h12-14H,1-11H2,(H,20,21)(H2,18,19,22). The van der Waals surface area contributed by atoms with Crippen molar-refractivity contribution in [1.29, 1.82) is 0 Å². The number of ether oxygens (including phenoxy) is 1. The third-order valence-corrected chi connectivity index (χ3v) is 5.82. The molecule has 2 saturated carbocycles. The van der Waals surface area contributed by atoms with E-state index in [0.29, 0.717) is 25.3 Å². The Kier molecular flexibility index (Phi) is 5.09. The molecule has 3 fully saturated rings. The van der Waals surface area contributed by atoms with Crippen LogP contribution in [0.2, 0.25) is 0 Å². The molecule has 1 saturated heterocycles. The van der Waals surface area contributed by atoms with Gasteiger partial charge in [0.05, 0.1) is 11.5 Å². The molecule has 0 radical (unpaired) electrons. The number of carbonyl (C=O) groups is 2. The van der Waals surface area contributed by atoms with Crippen LogP contribution in [-0.2, 0) is 9.53 Å². The molecule has 3 aliphatic rings. The molecule has 2 amide bonds. The van der Waals surface area contributed by atoms with Gasteiger partial charge in [-0.05, 0) is 63.7 Å². The SMILES string of the molecule is O=C(NCC1CCOC2(CCC2)C1)NC1CCC(C(=O)O)CC1. The molecule has 1 atom stereocenters. The average molecular weight is 324 g/mol. The predicted molar refractivity (Wildman–Crippen MR) is 85.2 cm³/mol. The number of aliphatic carboxylic acids is 1. The van der Waals surface area contributed by atoms with Gasteiger partial charge < -0.3 is 20.5 Å². The molecular weight excluding hydrogens is 296 g/mol. The summed E-state index contributed by atoms with van der Waals surface area (Å²) in [4.78, 5) is 23.0. The Bertz CT molecular complexity index is 442. The van der Waals surface area contributed by atoms with Gasteiger partial charge in [-0.15, -0.1) is 0 Å². The van der Waals surface area contributed by atoms with Crippen molar-refractivity contribution in [2.24, 2.45) is 11.8 Å². The molecule has 23 heavy (non-hydrogen) atoms. The molecule has 0 bridgehead atoms. The summed E-state index contributed by atoms with van der Waals surface area (Å²) in [6.45, 7) is 1.52. The summed E-state index contributed by atoms with van der Waals surface area (Å²) in [5.74, 6) is -0.438. The lowest BCUT2D eigenvalue weighted by atomic mass is 9.72. The summed E-state index contributed by atoms with van der Waals surface area (Å²) in [5, 5.41) is 15.0. The smallest absolute Gasteiger partial charge is 0.315 e. The molecule has 130 valence electrons. The normalized spacial score (nSPS) is 32.8. The fourth-order valence-corrected chi connectivity index (χ4v) is 4.18. The lowest BCUT2D eigenvalue weighted by Crippen LogP contribution is -2.49. The number of nitrogens with one attached hydrogen (secondary N) is 2. The number of rotatable bonds is 4. The third kappa shape index (κ3) is 4.16. The van der Waals surface area contributed by atoms with Gasteiger partial charge in [0.1, 0.15) is 0 Å². The fourth-order valence-electron chi connectivity index (χ4n) is 4.18. The van der Waals surface area contributed by atoms with Gasteiger partial charge in [0.15, 0.2) is 0 Å². The first-order chi connectivity index (χ1) is 11.1. The number of hydrogen-bond donors (Lipinski definition) is 3. The zero-order valence-corrected chi connectivity index (χ0v) is 13.7. The van der Waals surface area contributed by atoms with Crippen LogP contribution < -0.4 is 10.6 Å². The zero-order valence-electron chi connectivity index (χ0n) is 13.7. The van der Waals surface area contributed by atoms with Gasteiger partial charge in [-0.2, -0.15) is 0 Å². The molecule has 0 aromatic carbocycles. The van der Waals surface area contributed by atoms with Crippen LogP contribution in [-0.4, -0.2) is 41.9 Å². The Hall–Kier alpha value is -1.30. The Labute approximate surface area is 137 Å². The molecular formula is C17H28N2O4. The maximum atomic E-state index is 12.0. The Morgan fingerprint density at radius 1 is 1.13 bits per heavy atom. The molecule has 0 aromatic heterocycles. The van der Waals surface area contributed by atoms with Crippen LogP contribution in [0.3, 0.4) is 0 Å². The van der Waals surface area contributed by atoms with E-state index in [1.807, 2.05) is 0 Å². The second kappa shape index (κ2) is 7.07. The van der Waals surface area contributed by atoms with Crippen LogP contribution >= 0.6 is 0 Å². The highest BCUT2D eigenvalue weighted by molar-refractivity contribution is 5.74. The van der Waals surface area contributed by atoms with E-state index in [-0.39, 0.29) is 23.6 Å². The van der Waals surface area contributed by atoms with E-state index in [0.717, 1.165) is 32.3 Å². The highest BCUT2D eigenvalue weighted by atomic mass is 16.5. The van der Waals surface area contributed by atoms with Crippen molar-refractivity contribution in [3.8, 4) is 0 Å². The topological polar surface area (TPSA) is 87.7 Å². The largest absolute Gasteiger partial charge is 0.481 e. The molecule has 3 N–H and O–H groups in total. The van der Waals surface area contributed by atoms with Crippen molar-refractivity contribution in [3.05, 3.63) is 0 Å². The number of urea groups is 1. The van der Waals surface area contributed by atoms with Crippen LogP contribution in [0.1, 0.15) is 57.8 Å². The summed E-state index contributed by atoms with van der Waals surface area (Å²) in [6.07, 6.45) is 8.51. The van der Waals surface area contributed by atoms with Crippen molar-refractivity contribution < 1.29 is 19.4 Å². The lowest BCUT2D eigenvalue weighted by molar-refractivity contribution is -0.143. The van der Waals surface area contributed by atoms with Crippen LogP contribution in [0.4, 0.5) is 4.79 Å². The number of carboxylic acids is 1. The van der Waals surface area contributed by atoms with E-state index >= 15 is 0 Å². The fraction of sp³-hybridized carbons (Fsp3) is 0.882. The van der Waals surface area contributed by atoms with Gasteiger partial charge in [0.2, 0.25) is 0 Å². The highest BCUT2D eigenvalue weighted by Crippen LogP contribution is 2.44. The minimum atomic E-state index is -0.711. The molecule has 2 aliphatic carbocycles. The predicted octanol–water partition coefficient (Wildman–Crippen LogP) is 2.28. The molecule has 6 nitrogen and oxygen atoms in total. The summed E-state index contributed by atoms with van der Waals surface area (Å²) in [6, 6.07) is -0.00353.